The fourth-order valence-corrected chi connectivity index (χ4v) is 0.769. The number of unbranched alkanes of at least 4 members (excludes halogenated alkanes) is 1. The Hall–Kier alpha value is -1.12. The molecule has 0 saturated heterocycles. The van der Waals surface area contributed by atoms with E-state index in [4.69, 9.17) is 5.73 Å². The van der Waals surface area contributed by atoms with Gasteiger partial charge in [-0.2, -0.15) is 0 Å². The van der Waals surface area contributed by atoms with Crippen molar-refractivity contribution in [2.45, 2.75) is 67.7 Å². The first-order valence-electron chi connectivity index (χ1n) is 6.85. The van der Waals surface area contributed by atoms with E-state index in [1.807, 2.05) is 27.7 Å². The predicted molar refractivity (Wildman–Crippen MR) is 81.5 cm³/mol. The topological polar surface area (TPSA) is 60.2 Å². The maximum absolute atomic E-state index is 10.6. The maximum atomic E-state index is 10.6. The third kappa shape index (κ3) is 36.4. The fourth-order valence-electron chi connectivity index (χ4n) is 0.769. The van der Waals surface area contributed by atoms with E-state index in [1.54, 1.807) is 13.8 Å². The van der Waals surface area contributed by atoms with Crippen LogP contribution in [0.4, 0.5) is 0 Å². The fraction of sp³-hybridized carbons (Fsp3) is 0.733. The van der Waals surface area contributed by atoms with Crippen LogP contribution in [0.3, 0.4) is 0 Å². The average Bonchev–Trinajstić information content (AvgIpc) is 2.39. The summed E-state index contributed by atoms with van der Waals surface area (Å²) in [5.74, 6) is -0.342. The number of allylic oxidation sites excluding steroid dienone is 1. The third-order valence-electron chi connectivity index (χ3n) is 1.59. The summed E-state index contributed by atoms with van der Waals surface area (Å²) in [5, 5.41) is 0. The molecule has 0 unspecified atom stereocenters. The predicted octanol–water partition coefficient (Wildman–Crippen LogP) is 4.11. The van der Waals surface area contributed by atoms with Crippen molar-refractivity contribution in [2.24, 2.45) is 11.7 Å². The quantitative estimate of drug-likeness (QED) is 0.597. The SMILES string of the molecule is C=C(C)N.CC.CC.CCCC[C@H](C)C(=O)C=O. The molecule has 2 N–H and O–H groups in total. The van der Waals surface area contributed by atoms with Crippen LogP contribution < -0.4 is 5.73 Å². The summed E-state index contributed by atoms with van der Waals surface area (Å²) in [6, 6.07) is 0. The molecule has 0 aliphatic carbocycles. The van der Waals surface area contributed by atoms with Gasteiger partial charge in [-0.05, 0) is 19.0 Å². The monoisotopic (exact) mass is 259 g/mol. The van der Waals surface area contributed by atoms with Crippen molar-refractivity contribution in [1.82, 2.24) is 0 Å². The summed E-state index contributed by atoms with van der Waals surface area (Å²) < 4.78 is 0. The van der Waals surface area contributed by atoms with Crippen LogP contribution in [0.15, 0.2) is 12.3 Å². The first-order chi connectivity index (χ1) is 8.45. The molecule has 0 spiro atoms. The maximum Gasteiger partial charge on any atom is 0.197 e. The van der Waals surface area contributed by atoms with Crippen LogP contribution in [0.1, 0.15) is 67.7 Å². The number of ketones is 1. The summed E-state index contributed by atoms with van der Waals surface area (Å²) in [6.45, 7) is 16.9. The van der Waals surface area contributed by atoms with Crippen LogP contribution in [-0.4, -0.2) is 12.1 Å². The van der Waals surface area contributed by atoms with Crippen LogP contribution in [0.5, 0.6) is 0 Å². The van der Waals surface area contributed by atoms with Crippen LogP contribution in [-0.2, 0) is 9.59 Å². The Labute approximate surface area is 114 Å². The zero-order chi connectivity index (χ0) is 15.6. The van der Waals surface area contributed by atoms with Crippen molar-refractivity contribution in [1.29, 1.82) is 0 Å². The Morgan fingerprint density at radius 1 is 1.28 bits per heavy atom. The largest absolute Gasteiger partial charge is 0.403 e. The molecule has 0 aromatic rings. The Morgan fingerprint density at radius 3 is 1.83 bits per heavy atom. The van der Waals surface area contributed by atoms with Gasteiger partial charge in [0, 0.05) is 5.92 Å². The Morgan fingerprint density at radius 2 is 1.61 bits per heavy atom. The molecule has 0 radical (unpaired) electrons. The van der Waals surface area contributed by atoms with E-state index in [0.717, 1.165) is 19.3 Å². The van der Waals surface area contributed by atoms with Gasteiger partial charge in [0.15, 0.2) is 12.1 Å². The van der Waals surface area contributed by atoms with E-state index in [-0.39, 0.29) is 11.7 Å². The summed E-state index contributed by atoms with van der Waals surface area (Å²) in [5.41, 5.74) is 5.58. The lowest BCUT2D eigenvalue weighted by molar-refractivity contribution is -0.132. The highest BCUT2D eigenvalue weighted by atomic mass is 16.2. The first kappa shape index (κ1) is 25.7. The van der Waals surface area contributed by atoms with Gasteiger partial charge < -0.3 is 5.73 Å². The molecule has 0 aromatic heterocycles. The molecule has 0 fully saturated rings. The number of hydrogen-bond donors (Lipinski definition) is 1. The van der Waals surface area contributed by atoms with E-state index in [9.17, 15) is 9.59 Å². The molecule has 0 aliphatic heterocycles. The molecule has 0 bridgehead atoms. The molecule has 110 valence electrons. The highest BCUT2D eigenvalue weighted by Gasteiger charge is 2.09. The second-order valence-corrected chi connectivity index (χ2v) is 3.41. The zero-order valence-electron chi connectivity index (χ0n) is 13.4. The standard InChI is InChI=1S/C8H14O2.C3H7N.2C2H6/c1-3-4-5-7(2)8(10)6-9;1-3(2)4;2*1-2/h6-7H,3-5H2,1-2H3;1,4H2,2H3;2*1-2H3/t7-;;;/m0.../s1. The molecule has 0 aliphatic rings. The van der Waals surface area contributed by atoms with Crippen LogP contribution in [0.2, 0.25) is 0 Å². The molecule has 3 nitrogen and oxygen atoms in total. The van der Waals surface area contributed by atoms with E-state index >= 15 is 0 Å². The summed E-state index contributed by atoms with van der Waals surface area (Å²) in [6.07, 6.45) is 3.37. The van der Waals surface area contributed by atoms with Crippen molar-refractivity contribution >= 4 is 12.1 Å². The van der Waals surface area contributed by atoms with Crippen LogP contribution in [0, 0.1) is 5.92 Å². The number of Topliss-reactive ketones (excluding diaryl/α,β-unsaturated/α-hetero) is 1. The van der Waals surface area contributed by atoms with E-state index in [0.29, 0.717) is 12.0 Å². The van der Waals surface area contributed by atoms with Gasteiger partial charge in [-0.1, -0.05) is 61.0 Å². The van der Waals surface area contributed by atoms with E-state index in [2.05, 4.69) is 13.5 Å². The summed E-state index contributed by atoms with van der Waals surface area (Å²) in [4.78, 5) is 20.6. The number of rotatable bonds is 5. The smallest absolute Gasteiger partial charge is 0.197 e. The molecular weight excluding hydrogens is 226 g/mol. The lowest BCUT2D eigenvalue weighted by atomic mass is 10.0. The molecule has 0 heterocycles. The minimum atomic E-state index is -0.270. The number of nitrogens with two attached hydrogens (primary N) is 1. The molecular formula is C15H33NO2. The summed E-state index contributed by atoms with van der Waals surface area (Å²) >= 11 is 0. The lowest BCUT2D eigenvalue weighted by Crippen LogP contribution is -2.11. The normalized spacial score (nSPS) is 9.06. The zero-order valence-corrected chi connectivity index (χ0v) is 13.4. The van der Waals surface area contributed by atoms with Gasteiger partial charge in [-0.25, -0.2) is 0 Å². The lowest BCUT2D eigenvalue weighted by Gasteiger charge is -2.02. The molecule has 1 atom stereocenters. The molecule has 0 aromatic carbocycles. The van der Waals surface area contributed by atoms with Crippen LogP contribution >= 0.6 is 0 Å². The number of hydrogen-bond acceptors (Lipinski definition) is 3. The average molecular weight is 259 g/mol. The van der Waals surface area contributed by atoms with Crippen molar-refractivity contribution in [3.8, 4) is 0 Å². The van der Waals surface area contributed by atoms with E-state index < -0.39 is 0 Å². The number of aldehydes is 1. The molecule has 18 heavy (non-hydrogen) atoms. The van der Waals surface area contributed by atoms with Gasteiger partial charge in [-0.15, -0.1) is 0 Å². The van der Waals surface area contributed by atoms with Gasteiger partial charge in [-0.3, -0.25) is 9.59 Å². The van der Waals surface area contributed by atoms with Crippen molar-refractivity contribution in [2.75, 3.05) is 0 Å². The minimum absolute atomic E-state index is 0.0718. The van der Waals surface area contributed by atoms with Crippen molar-refractivity contribution in [3.05, 3.63) is 12.3 Å². The Kier molecular flexibility index (Phi) is 35.5. The molecule has 3 heteroatoms. The van der Waals surface area contributed by atoms with Crippen molar-refractivity contribution in [3.63, 3.8) is 0 Å². The molecule has 0 rings (SSSR count). The highest BCUT2D eigenvalue weighted by Crippen LogP contribution is 2.06. The first-order valence-corrected chi connectivity index (χ1v) is 6.85. The second-order valence-electron chi connectivity index (χ2n) is 3.41. The van der Waals surface area contributed by atoms with Gasteiger partial charge in [0.1, 0.15) is 0 Å². The number of carbonyl (C=O) groups excluding carboxylic acids is 2. The van der Waals surface area contributed by atoms with Gasteiger partial charge in [0.25, 0.3) is 0 Å². The van der Waals surface area contributed by atoms with Gasteiger partial charge in [0.2, 0.25) is 0 Å². The number of carbonyl (C=O) groups is 2. The van der Waals surface area contributed by atoms with Gasteiger partial charge >= 0.3 is 0 Å². The highest BCUT2D eigenvalue weighted by molar-refractivity contribution is 6.25. The van der Waals surface area contributed by atoms with Crippen LogP contribution in [0.25, 0.3) is 0 Å². The van der Waals surface area contributed by atoms with Gasteiger partial charge in [0.05, 0.1) is 0 Å². The minimum Gasteiger partial charge on any atom is -0.403 e. The van der Waals surface area contributed by atoms with Crippen molar-refractivity contribution < 1.29 is 9.59 Å². The Balaban J connectivity index is -0.000000102. The molecule has 0 amide bonds. The third-order valence-corrected chi connectivity index (χ3v) is 1.59. The molecule has 0 saturated carbocycles. The Bertz CT molecular complexity index is 185. The second kappa shape index (κ2) is 24.9. The van der Waals surface area contributed by atoms with E-state index in [1.165, 1.54) is 0 Å². The summed E-state index contributed by atoms with van der Waals surface area (Å²) in [7, 11) is 0.